The summed E-state index contributed by atoms with van der Waals surface area (Å²) in [5.41, 5.74) is 4.55. The molecule has 128 valence electrons. The van der Waals surface area contributed by atoms with Crippen LogP contribution in [0.1, 0.15) is 29.9 Å². The van der Waals surface area contributed by atoms with Crippen molar-refractivity contribution in [2.75, 3.05) is 13.1 Å². The van der Waals surface area contributed by atoms with E-state index in [-0.39, 0.29) is 6.03 Å². The van der Waals surface area contributed by atoms with Crippen LogP contribution in [0.25, 0.3) is 11.0 Å². The number of nitrogens with zero attached hydrogens (tertiary/aromatic N) is 2. The van der Waals surface area contributed by atoms with Gasteiger partial charge in [0.25, 0.3) is 0 Å². The number of H-pyrrole nitrogens is 1. The number of pyridine rings is 1. The van der Waals surface area contributed by atoms with E-state index >= 15 is 0 Å². The Balaban J connectivity index is 1.34. The zero-order valence-electron chi connectivity index (χ0n) is 14.1. The Hall–Kier alpha value is -2.82. The molecule has 4 rings (SSSR count). The summed E-state index contributed by atoms with van der Waals surface area (Å²) in [6, 6.07) is 14.0. The van der Waals surface area contributed by atoms with E-state index < -0.39 is 0 Å². The number of benzene rings is 1. The molecule has 0 unspecified atom stereocenters. The van der Waals surface area contributed by atoms with Crippen molar-refractivity contribution in [2.45, 2.75) is 25.3 Å². The van der Waals surface area contributed by atoms with Gasteiger partial charge in [-0.3, -0.25) is 4.98 Å². The van der Waals surface area contributed by atoms with Crippen molar-refractivity contribution in [3.05, 3.63) is 66.0 Å². The molecular weight excluding hydrogens is 312 g/mol. The molecule has 0 radical (unpaired) electrons. The molecule has 5 heteroatoms. The van der Waals surface area contributed by atoms with Crippen molar-refractivity contribution in [3.8, 4) is 0 Å². The van der Waals surface area contributed by atoms with E-state index in [0.29, 0.717) is 12.5 Å². The number of hydrogen-bond donors (Lipinski definition) is 2. The second-order valence-corrected chi connectivity index (χ2v) is 6.55. The normalized spacial score (nSPS) is 15.4. The molecule has 3 aromatic rings. The van der Waals surface area contributed by atoms with Gasteiger partial charge in [0.2, 0.25) is 0 Å². The zero-order chi connectivity index (χ0) is 17.1. The molecule has 5 nitrogen and oxygen atoms in total. The van der Waals surface area contributed by atoms with Crippen molar-refractivity contribution < 1.29 is 4.79 Å². The number of piperidine rings is 1. The van der Waals surface area contributed by atoms with Gasteiger partial charge in [-0.1, -0.05) is 30.3 Å². The van der Waals surface area contributed by atoms with Crippen LogP contribution < -0.4 is 5.32 Å². The maximum atomic E-state index is 12.4. The Morgan fingerprint density at radius 3 is 2.76 bits per heavy atom. The number of likely N-dealkylation sites (tertiary alicyclic amines) is 1. The van der Waals surface area contributed by atoms with Gasteiger partial charge in [0, 0.05) is 32.0 Å². The maximum Gasteiger partial charge on any atom is 0.317 e. The lowest BCUT2D eigenvalue weighted by atomic mass is 9.90. The molecule has 1 saturated heterocycles. The number of urea groups is 1. The molecule has 2 N–H and O–H groups in total. The molecule has 25 heavy (non-hydrogen) atoms. The summed E-state index contributed by atoms with van der Waals surface area (Å²) in [6.45, 7) is 2.14. The number of carbonyl (C=O) groups excluding carboxylic acids is 1. The number of nitrogens with one attached hydrogen (secondary N) is 2. The number of fused-ring (bicyclic) bond motifs is 1. The average Bonchev–Trinajstić information content (AvgIpc) is 3.11. The second kappa shape index (κ2) is 6.97. The highest BCUT2D eigenvalue weighted by molar-refractivity contribution is 5.79. The molecule has 1 aliphatic rings. The fraction of sp³-hybridized carbons (Fsp3) is 0.300. The lowest BCUT2D eigenvalue weighted by molar-refractivity contribution is 0.181. The van der Waals surface area contributed by atoms with Gasteiger partial charge in [0.05, 0.1) is 11.0 Å². The average molecular weight is 334 g/mol. The Bertz CT molecular complexity index is 850. The smallest absolute Gasteiger partial charge is 0.317 e. The summed E-state index contributed by atoms with van der Waals surface area (Å²) in [4.78, 5) is 22.1. The molecule has 3 heterocycles. The van der Waals surface area contributed by atoms with Crippen LogP contribution in [-0.2, 0) is 6.54 Å². The molecule has 0 aliphatic carbocycles. The SMILES string of the molecule is O=C(NCc1ccccc1)N1CCC(c2c[nH]c3cccnc23)CC1. The first-order valence-electron chi connectivity index (χ1n) is 8.80. The minimum Gasteiger partial charge on any atom is -0.360 e. The fourth-order valence-electron chi connectivity index (χ4n) is 3.57. The van der Waals surface area contributed by atoms with E-state index in [1.807, 2.05) is 47.5 Å². The quantitative estimate of drug-likeness (QED) is 0.768. The number of aromatic amines is 1. The maximum absolute atomic E-state index is 12.4. The van der Waals surface area contributed by atoms with Gasteiger partial charge in [-0.05, 0) is 42.0 Å². The highest BCUT2D eigenvalue weighted by Crippen LogP contribution is 2.32. The molecule has 1 fully saturated rings. The van der Waals surface area contributed by atoms with Crippen molar-refractivity contribution in [2.24, 2.45) is 0 Å². The molecule has 0 spiro atoms. The molecule has 2 amide bonds. The van der Waals surface area contributed by atoms with Crippen LogP contribution in [0, 0.1) is 0 Å². The van der Waals surface area contributed by atoms with Crippen molar-refractivity contribution >= 4 is 17.1 Å². The predicted molar refractivity (Wildman–Crippen MR) is 98.3 cm³/mol. The van der Waals surface area contributed by atoms with E-state index in [4.69, 9.17) is 0 Å². The van der Waals surface area contributed by atoms with Crippen molar-refractivity contribution in [3.63, 3.8) is 0 Å². The Morgan fingerprint density at radius 1 is 1.16 bits per heavy atom. The number of amides is 2. The first-order valence-corrected chi connectivity index (χ1v) is 8.80. The van der Waals surface area contributed by atoms with E-state index in [1.165, 1.54) is 5.56 Å². The van der Waals surface area contributed by atoms with Gasteiger partial charge in [-0.25, -0.2) is 4.79 Å². The summed E-state index contributed by atoms with van der Waals surface area (Å²) >= 11 is 0. The molecule has 0 bridgehead atoms. The van der Waals surface area contributed by atoms with Gasteiger partial charge in [0.1, 0.15) is 0 Å². The third-order valence-electron chi connectivity index (χ3n) is 4.97. The van der Waals surface area contributed by atoms with E-state index in [0.717, 1.165) is 42.5 Å². The van der Waals surface area contributed by atoms with Gasteiger partial charge in [-0.2, -0.15) is 0 Å². The number of aromatic nitrogens is 2. The first-order chi connectivity index (χ1) is 12.3. The summed E-state index contributed by atoms with van der Waals surface area (Å²) in [7, 11) is 0. The number of carbonyl (C=O) groups is 1. The third kappa shape index (κ3) is 3.36. The minimum absolute atomic E-state index is 0.0272. The lowest BCUT2D eigenvalue weighted by Gasteiger charge is -2.31. The highest BCUT2D eigenvalue weighted by Gasteiger charge is 2.25. The van der Waals surface area contributed by atoms with E-state index in [9.17, 15) is 4.79 Å². The van der Waals surface area contributed by atoms with Gasteiger partial charge in [-0.15, -0.1) is 0 Å². The molecular formula is C20H22N4O. The van der Waals surface area contributed by atoms with E-state index in [1.54, 1.807) is 0 Å². The van der Waals surface area contributed by atoms with Gasteiger partial charge < -0.3 is 15.2 Å². The fourth-order valence-corrected chi connectivity index (χ4v) is 3.57. The standard InChI is InChI=1S/C20H22N4O/c25-20(23-13-15-5-2-1-3-6-15)24-11-8-16(9-12-24)17-14-22-18-7-4-10-21-19(17)18/h1-7,10,14,16,22H,8-9,11-13H2,(H,23,25). The Labute approximate surface area is 147 Å². The van der Waals surface area contributed by atoms with Gasteiger partial charge >= 0.3 is 6.03 Å². The monoisotopic (exact) mass is 334 g/mol. The van der Waals surface area contributed by atoms with Crippen LogP contribution in [0.3, 0.4) is 0 Å². The third-order valence-corrected chi connectivity index (χ3v) is 4.97. The van der Waals surface area contributed by atoms with Crippen LogP contribution in [-0.4, -0.2) is 34.0 Å². The van der Waals surface area contributed by atoms with Crippen LogP contribution in [0.15, 0.2) is 54.9 Å². The van der Waals surface area contributed by atoms with Crippen molar-refractivity contribution in [1.29, 1.82) is 0 Å². The topological polar surface area (TPSA) is 61.0 Å². The summed E-state index contributed by atoms with van der Waals surface area (Å²) in [5.74, 6) is 0.460. The Morgan fingerprint density at radius 2 is 1.96 bits per heavy atom. The summed E-state index contributed by atoms with van der Waals surface area (Å²) in [5, 5.41) is 3.02. The van der Waals surface area contributed by atoms with Crippen LogP contribution >= 0.6 is 0 Å². The van der Waals surface area contributed by atoms with E-state index in [2.05, 4.69) is 27.5 Å². The van der Waals surface area contributed by atoms with Crippen molar-refractivity contribution in [1.82, 2.24) is 20.2 Å². The van der Waals surface area contributed by atoms with Crippen LogP contribution in [0.2, 0.25) is 0 Å². The van der Waals surface area contributed by atoms with Gasteiger partial charge in [0.15, 0.2) is 0 Å². The number of hydrogen-bond acceptors (Lipinski definition) is 2. The predicted octanol–water partition coefficient (Wildman–Crippen LogP) is 3.65. The first kappa shape index (κ1) is 15.7. The molecule has 1 aliphatic heterocycles. The largest absolute Gasteiger partial charge is 0.360 e. The molecule has 0 atom stereocenters. The summed E-state index contributed by atoms with van der Waals surface area (Å²) < 4.78 is 0. The molecule has 0 saturated carbocycles. The second-order valence-electron chi connectivity index (χ2n) is 6.55. The van der Waals surface area contributed by atoms with Crippen LogP contribution in [0.5, 0.6) is 0 Å². The Kier molecular flexibility index (Phi) is 4.37. The molecule has 2 aromatic heterocycles. The van der Waals surface area contributed by atoms with Crippen LogP contribution in [0.4, 0.5) is 4.79 Å². The highest BCUT2D eigenvalue weighted by atomic mass is 16.2. The number of rotatable bonds is 3. The lowest BCUT2D eigenvalue weighted by Crippen LogP contribution is -2.43. The summed E-state index contributed by atoms with van der Waals surface area (Å²) in [6.07, 6.45) is 5.86. The minimum atomic E-state index is 0.0272. The zero-order valence-corrected chi connectivity index (χ0v) is 14.1. The molecule has 1 aromatic carbocycles.